The Balaban J connectivity index is 1.93. The predicted octanol–water partition coefficient (Wildman–Crippen LogP) is 4.89. The lowest BCUT2D eigenvalue weighted by Gasteiger charge is -2.22. The maximum absolute atomic E-state index is 13.0. The van der Waals surface area contributed by atoms with Crippen LogP contribution in [0.5, 0.6) is 0 Å². The van der Waals surface area contributed by atoms with Gasteiger partial charge in [-0.2, -0.15) is 0 Å². The number of hydrogen-bond donors (Lipinski definition) is 1. The van der Waals surface area contributed by atoms with E-state index in [1.807, 2.05) is 39.8 Å². The van der Waals surface area contributed by atoms with Crippen LogP contribution in [0.2, 0.25) is 0 Å². The third-order valence-electron chi connectivity index (χ3n) is 5.44. The molecule has 2 aromatic carbocycles. The highest BCUT2D eigenvalue weighted by atomic mass is 32.2. The minimum Gasteiger partial charge on any atom is -0.311 e. The van der Waals surface area contributed by atoms with Gasteiger partial charge in [-0.3, -0.25) is 9.52 Å². The summed E-state index contributed by atoms with van der Waals surface area (Å²) >= 11 is 0. The Morgan fingerprint density at radius 1 is 1.03 bits per heavy atom. The molecule has 1 heterocycles. The number of sulfonamides is 1. The SMILES string of the molecule is CC(C)C(=O)N1CC(C)(C)c2cc(S(=O)(=O)Nc3ccc(C(C)C)cc3)ccc21. The van der Waals surface area contributed by atoms with E-state index in [2.05, 4.69) is 18.6 Å². The fourth-order valence-electron chi connectivity index (χ4n) is 3.68. The van der Waals surface area contributed by atoms with Crippen molar-refractivity contribution in [2.75, 3.05) is 16.2 Å². The van der Waals surface area contributed by atoms with Gasteiger partial charge in [-0.25, -0.2) is 8.42 Å². The summed E-state index contributed by atoms with van der Waals surface area (Å²) in [5.41, 5.74) is 3.05. The van der Waals surface area contributed by atoms with Crippen LogP contribution in [-0.4, -0.2) is 20.9 Å². The molecule has 0 atom stereocenters. The van der Waals surface area contributed by atoms with Gasteiger partial charge in [0, 0.05) is 29.3 Å². The van der Waals surface area contributed by atoms with Crippen molar-refractivity contribution in [1.82, 2.24) is 0 Å². The van der Waals surface area contributed by atoms with Gasteiger partial charge in [0.15, 0.2) is 0 Å². The van der Waals surface area contributed by atoms with Crippen LogP contribution in [0.25, 0.3) is 0 Å². The third-order valence-corrected chi connectivity index (χ3v) is 6.82. The predicted molar refractivity (Wildman–Crippen MR) is 118 cm³/mol. The monoisotopic (exact) mass is 414 g/mol. The van der Waals surface area contributed by atoms with E-state index in [0.717, 1.165) is 16.8 Å². The first-order valence-electron chi connectivity index (χ1n) is 10.0. The van der Waals surface area contributed by atoms with E-state index in [1.165, 1.54) is 0 Å². The average molecular weight is 415 g/mol. The first-order chi connectivity index (χ1) is 13.4. The molecule has 0 saturated heterocycles. The molecule has 1 aliphatic heterocycles. The second-order valence-electron chi connectivity index (χ2n) is 9.02. The van der Waals surface area contributed by atoms with Crippen LogP contribution in [0.4, 0.5) is 11.4 Å². The summed E-state index contributed by atoms with van der Waals surface area (Å²) in [7, 11) is -3.73. The van der Waals surface area contributed by atoms with E-state index in [-0.39, 0.29) is 22.1 Å². The molecule has 0 fully saturated rings. The van der Waals surface area contributed by atoms with Gasteiger partial charge in [-0.1, -0.05) is 53.7 Å². The zero-order valence-corrected chi connectivity index (χ0v) is 18.8. The van der Waals surface area contributed by atoms with Crippen molar-refractivity contribution in [2.45, 2.75) is 57.8 Å². The van der Waals surface area contributed by atoms with Crippen LogP contribution in [-0.2, 0) is 20.2 Å². The van der Waals surface area contributed by atoms with Gasteiger partial charge in [-0.05, 0) is 47.4 Å². The summed E-state index contributed by atoms with van der Waals surface area (Å²) in [6.07, 6.45) is 0. The fourth-order valence-corrected chi connectivity index (χ4v) is 4.77. The summed E-state index contributed by atoms with van der Waals surface area (Å²) in [6, 6.07) is 12.5. The number of hydrogen-bond acceptors (Lipinski definition) is 3. The molecule has 0 saturated carbocycles. The van der Waals surface area contributed by atoms with Crippen LogP contribution >= 0.6 is 0 Å². The summed E-state index contributed by atoms with van der Waals surface area (Å²) in [5, 5.41) is 0. The van der Waals surface area contributed by atoms with Gasteiger partial charge in [0.25, 0.3) is 10.0 Å². The van der Waals surface area contributed by atoms with Crippen molar-refractivity contribution < 1.29 is 13.2 Å². The molecule has 2 aromatic rings. The van der Waals surface area contributed by atoms with Crippen molar-refractivity contribution in [1.29, 1.82) is 0 Å². The van der Waals surface area contributed by atoms with E-state index < -0.39 is 10.0 Å². The molecule has 0 spiro atoms. The maximum atomic E-state index is 13.0. The number of carbonyl (C=O) groups is 1. The average Bonchev–Trinajstić information content (AvgIpc) is 2.92. The number of nitrogens with one attached hydrogen (secondary N) is 1. The van der Waals surface area contributed by atoms with Gasteiger partial charge < -0.3 is 4.90 Å². The Hall–Kier alpha value is -2.34. The second kappa shape index (κ2) is 7.48. The van der Waals surface area contributed by atoms with Crippen LogP contribution in [0.1, 0.15) is 58.6 Å². The van der Waals surface area contributed by atoms with Gasteiger partial charge in [-0.15, -0.1) is 0 Å². The molecule has 0 aliphatic carbocycles. The summed E-state index contributed by atoms with van der Waals surface area (Å²) in [5.74, 6) is 0.322. The van der Waals surface area contributed by atoms with Crippen molar-refractivity contribution in [3.63, 3.8) is 0 Å². The lowest BCUT2D eigenvalue weighted by molar-refractivity contribution is -0.121. The normalized spacial score (nSPS) is 15.7. The number of anilines is 2. The molecule has 6 heteroatoms. The first-order valence-corrected chi connectivity index (χ1v) is 11.5. The highest BCUT2D eigenvalue weighted by molar-refractivity contribution is 7.92. The molecule has 1 N–H and O–H groups in total. The highest BCUT2D eigenvalue weighted by Crippen LogP contribution is 2.42. The summed E-state index contributed by atoms with van der Waals surface area (Å²) in [6.45, 7) is 12.6. The zero-order chi connectivity index (χ0) is 21.6. The van der Waals surface area contributed by atoms with Crippen molar-refractivity contribution >= 4 is 27.3 Å². The molecule has 0 aromatic heterocycles. The largest absolute Gasteiger partial charge is 0.311 e. The lowest BCUT2D eigenvalue weighted by Crippen LogP contribution is -2.36. The Morgan fingerprint density at radius 2 is 1.66 bits per heavy atom. The summed E-state index contributed by atoms with van der Waals surface area (Å²) < 4.78 is 28.6. The summed E-state index contributed by atoms with van der Waals surface area (Å²) in [4.78, 5) is 14.6. The van der Waals surface area contributed by atoms with Gasteiger partial charge in [0.2, 0.25) is 5.91 Å². The second-order valence-corrected chi connectivity index (χ2v) is 10.7. The topological polar surface area (TPSA) is 66.5 Å². The van der Waals surface area contributed by atoms with E-state index in [4.69, 9.17) is 0 Å². The number of nitrogens with zero attached hydrogens (tertiary/aromatic N) is 1. The van der Waals surface area contributed by atoms with Gasteiger partial charge in [0.05, 0.1) is 4.90 Å². The van der Waals surface area contributed by atoms with Crippen LogP contribution in [0.3, 0.4) is 0 Å². The molecule has 29 heavy (non-hydrogen) atoms. The smallest absolute Gasteiger partial charge is 0.261 e. The molecule has 0 radical (unpaired) electrons. The van der Waals surface area contributed by atoms with Crippen molar-refractivity contribution in [3.05, 3.63) is 53.6 Å². The first kappa shape index (κ1) is 21.4. The molecule has 0 unspecified atom stereocenters. The Kier molecular flexibility index (Phi) is 5.52. The number of amides is 1. The van der Waals surface area contributed by atoms with Crippen LogP contribution in [0.15, 0.2) is 47.4 Å². The molecule has 1 amide bonds. The Morgan fingerprint density at radius 3 is 2.21 bits per heavy atom. The van der Waals surface area contributed by atoms with E-state index in [0.29, 0.717) is 18.2 Å². The maximum Gasteiger partial charge on any atom is 0.261 e. The van der Waals surface area contributed by atoms with E-state index in [1.54, 1.807) is 35.2 Å². The molecule has 3 rings (SSSR count). The van der Waals surface area contributed by atoms with Gasteiger partial charge >= 0.3 is 0 Å². The Labute approximate surface area is 174 Å². The number of fused-ring (bicyclic) bond motifs is 1. The lowest BCUT2D eigenvalue weighted by atomic mass is 9.87. The zero-order valence-electron chi connectivity index (χ0n) is 18.0. The third kappa shape index (κ3) is 4.17. The minimum atomic E-state index is -3.73. The Bertz CT molecular complexity index is 1020. The van der Waals surface area contributed by atoms with Crippen LogP contribution < -0.4 is 9.62 Å². The van der Waals surface area contributed by atoms with Gasteiger partial charge in [0.1, 0.15) is 0 Å². The fraction of sp³-hybridized carbons (Fsp3) is 0.435. The molecular weight excluding hydrogens is 384 g/mol. The minimum absolute atomic E-state index is 0.0517. The molecule has 0 bridgehead atoms. The van der Waals surface area contributed by atoms with E-state index >= 15 is 0 Å². The van der Waals surface area contributed by atoms with Crippen molar-refractivity contribution in [2.24, 2.45) is 5.92 Å². The number of rotatable bonds is 5. The number of carbonyl (C=O) groups excluding carboxylic acids is 1. The molecule has 5 nitrogen and oxygen atoms in total. The molecule has 156 valence electrons. The van der Waals surface area contributed by atoms with Crippen molar-refractivity contribution in [3.8, 4) is 0 Å². The molecular formula is C23H30N2O3S. The highest BCUT2D eigenvalue weighted by Gasteiger charge is 2.39. The quantitative estimate of drug-likeness (QED) is 0.757. The standard InChI is InChI=1S/C23H30N2O3S/c1-15(2)17-7-9-18(10-8-17)24-29(27,28)19-11-12-21-20(13-19)23(5,6)14-25(21)22(26)16(3)4/h7-13,15-16,24H,14H2,1-6H3. The van der Waals surface area contributed by atoms with Crippen LogP contribution in [0, 0.1) is 5.92 Å². The number of benzene rings is 2. The van der Waals surface area contributed by atoms with E-state index in [9.17, 15) is 13.2 Å². The molecule has 1 aliphatic rings.